The zero-order valence-corrected chi connectivity index (χ0v) is 10.8. The van der Waals surface area contributed by atoms with Crippen molar-refractivity contribution in [3.8, 4) is 0 Å². The average molecular weight is 240 g/mol. The Bertz CT molecular complexity index is 252. The van der Waals surface area contributed by atoms with E-state index < -0.39 is 0 Å². The third-order valence-electron chi connectivity index (χ3n) is 3.93. The highest BCUT2D eigenvalue weighted by atomic mass is 16.5. The van der Waals surface area contributed by atoms with Gasteiger partial charge in [0, 0.05) is 19.1 Å². The van der Waals surface area contributed by atoms with Gasteiger partial charge in [0.1, 0.15) is 6.61 Å². The smallest absolute Gasteiger partial charge is 0.248 e. The molecule has 1 unspecified atom stereocenters. The maximum Gasteiger partial charge on any atom is 0.248 e. The van der Waals surface area contributed by atoms with Gasteiger partial charge in [0.2, 0.25) is 5.91 Å². The van der Waals surface area contributed by atoms with Crippen LogP contribution in [0.5, 0.6) is 0 Å². The van der Waals surface area contributed by atoms with Crippen LogP contribution in [0.4, 0.5) is 0 Å². The number of likely N-dealkylation sites (N-methyl/N-ethyl adjacent to an activating group) is 1. The first-order chi connectivity index (χ1) is 8.29. The van der Waals surface area contributed by atoms with Crippen LogP contribution in [0, 0.1) is 0 Å². The Kier molecular flexibility index (Phi) is 4.80. The maximum atomic E-state index is 12.0. The minimum absolute atomic E-state index is 0.164. The molecule has 1 N–H and O–H groups in total. The molecule has 2 rings (SSSR count). The molecule has 98 valence electrons. The van der Waals surface area contributed by atoms with Crippen molar-refractivity contribution in [2.45, 2.75) is 50.7 Å². The molecule has 1 atom stereocenters. The van der Waals surface area contributed by atoms with Crippen molar-refractivity contribution in [1.82, 2.24) is 10.2 Å². The molecule has 1 aliphatic heterocycles. The number of hydrogen-bond donors (Lipinski definition) is 1. The molecular formula is C13H24N2O2. The molecule has 4 nitrogen and oxygen atoms in total. The van der Waals surface area contributed by atoms with Gasteiger partial charge < -0.3 is 15.0 Å². The Morgan fingerprint density at radius 3 is 2.76 bits per heavy atom. The first kappa shape index (κ1) is 12.8. The summed E-state index contributed by atoms with van der Waals surface area (Å²) in [6.45, 7) is 2.01. The minimum Gasteiger partial charge on any atom is -0.368 e. The lowest BCUT2D eigenvalue weighted by Crippen LogP contribution is -2.48. The van der Waals surface area contributed by atoms with Crippen molar-refractivity contribution in [2.75, 3.05) is 26.7 Å². The van der Waals surface area contributed by atoms with Crippen molar-refractivity contribution in [3.63, 3.8) is 0 Å². The number of piperidine rings is 1. The van der Waals surface area contributed by atoms with Crippen LogP contribution >= 0.6 is 0 Å². The maximum absolute atomic E-state index is 12.0. The molecule has 17 heavy (non-hydrogen) atoms. The van der Waals surface area contributed by atoms with Crippen LogP contribution in [-0.4, -0.2) is 49.7 Å². The molecule has 0 aromatic carbocycles. The number of rotatable bonds is 4. The number of likely N-dealkylation sites (tertiary alicyclic amines) is 1. The van der Waals surface area contributed by atoms with Crippen LogP contribution in [0.1, 0.15) is 38.5 Å². The highest BCUT2D eigenvalue weighted by Gasteiger charge is 2.24. The van der Waals surface area contributed by atoms with Crippen LogP contribution in [0.25, 0.3) is 0 Å². The molecule has 1 amide bonds. The Morgan fingerprint density at radius 1 is 1.29 bits per heavy atom. The van der Waals surface area contributed by atoms with E-state index in [1.807, 2.05) is 11.9 Å². The second kappa shape index (κ2) is 6.36. The minimum atomic E-state index is 0.164. The number of nitrogens with zero attached hydrogens (tertiary/aromatic N) is 1. The van der Waals surface area contributed by atoms with Crippen LogP contribution in [-0.2, 0) is 9.53 Å². The summed E-state index contributed by atoms with van der Waals surface area (Å²) < 4.78 is 5.68. The lowest BCUT2D eigenvalue weighted by atomic mass is 10.1. The number of amides is 1. The van der Waals surface area contributed by atoms with Gasteiger partial charge in [0.05, 0.1) is 6.10 Å². The lowest BCUT2D eigenvalue weighted by Gasteiger charge is -2.32. The van der Waals surface area contributed by atoms with Gasteiger partial charge in [-0.25, -0.2) is 0 Å². The first-order valence-corrected chi connectivity index (χ1v) is 6.86. The predicted molar refractivity (Wildman–Crippen MR) is 66.9 cm³/mol. The normalized spacial score (nSPS) is 26.4. The number of ether oxygens (including phenoxy) is 1. The molecule has 1 saturated carbocycles. The van der Waals surface area contributed by atoms with E-state index >= 15 is 0 Å². The van der Waals surface area contributed by atoms with Gasteiger partial charge in [-0.05, 0) is 32.7 Å². The van der Waals surface area contributed by atoms with Gasteiger partial charge in [0.15, 0.2) is 0 Å². The first-order valence-electron chi connectivity index (χ1n) is 6.86. The molecule has 0 aromatic heterocycles. The number of hydrogen-bond acceptors (Lipinski definition) is 3. The fourth-order valence-corrected chi connectivity index (χ4v) is 2.77. The van der Waals surface area contributed by atoms with E-state index in [2.05, 4.69) is 5.32 Å². The van der Waals surface area contributed by atoms with Crippen molar-refractivity contribution in [3.05, 3.63) is 0 Å². The SMILES string of the molecule is CNC1CCCN(C(=O)COC2CCCC2)C1. The summed E-state index contributed by atoms with van der Waals surface area (Å²) in [5.74, 6) is 0.164. The Morgan fingerprint density at radius 2 is 2.06 bits per heavy atom. The zero-order valence-electron chi connectivity index (χ0n) is 10.8. The third kappa shape index (κ3) is 3.68. The summed E-state index contributed by atoms with van der Waals surface area (Å²) >= 11 is 0. The van der Waals surface area contributed by atoms with Gasteiger partial charge in [-0.3, -0.25) is 4.79 Å². The molecule has 0 radical (unpaired) electrons. The van der Waals surface area contributed by atoms with Gasteiger partial charge in [0.25, 0.3) is 0 Å². The molecule has 0 bridgehead atoms. The molecule has 1 saturated heterocycles. The highest BCUT2D eigenvalue weighted by Crippen LogP contribution is 2.21. The largest absolute Gasteiger partial charge is 0.368 e. The van der Waals surface area contributed by atoms with Gasteiger partial charge in [-0.1, -0.05) is 12.8 Å². The Labute approximate surface area is 104 Å². The zero-order chi connectivity index (χ0) is 12.1. The number of carbonyl (C=O) groups excluding carboxylic acids is 1. The van der Waals surface area contributed by atoms with Crippen molar-refractivity contribution in [1.29, 1.82) is 0 Å². The van der Waals surface area contributed by atoms with Gasteiger partial charge in [-0.15, -0.1) is 0 Å². The molecule has 1 aliphatic carbocycles. The predicted octanol–water partition coefficient (Wildman–Crippen LogP) is 1.16. The topological polar surface area (TPSA) is 41.6 Å². The molecule has 2 fully saturated rings. The highest BCUT2D eigenvalue weighted by molar-refractivity contribution is 5.77. The standard InChI is InChI=1S/C13H24N2O2/c1-14-11-5-4-8-15(9-11)13(16)10-17-12-6-2-3-7-12/h11-12,14H,2-10H2,1H3. The van der Waals surface area contributed by atoms with Gasteiger partial charge in [-0.2, -0.15) is 0 Å². The van der Waals surface area contributed by atoms with Gasteiger partial charge >= 0.3 is 0 Å². The van der Waals surface area contributed by atoms with E-state index in [-0.39, 0.29) is 12.5 Å². The van der Waals surface area contributed by atoms with E-state index in [9.17, 15) is 4.79 Å². The fourth-order valence-electron chi connectivity index (χ4n) is 2.77. The fraction of sp³-hybridized carbons (Fsp3) is 0.923. The quantitative estimate of drug-likeness (QED) is 0.801. The summed E-state index contributed by atoms with van der Waals surface area (Å²) in [6.07, 6.45) is 7.38. The Hall–Kier alpha value is -0.610. The van der Waals surface area contributed by atoms with E-state index in [0.29, 0.717) is 12.1 Å². The molecule has 0 aromatic rings. The summed E-state index contributed by atoms with van der Waals surface area (Å²) in [7, 11) is 1.97. The molecular weight excluding hydrogens is 216 g/mol. The Balaban J connectivity index is 1.71. The number of nitrogens with one attached hydrogen (secondary N) is 1. The summed E-state index contributed by atoms with van der Waals surface area (Å²) in [4.78, 5) is 13.9. The second-order valence-electron chi connectivity index (χ2n) is 5.19. The molecule has 1 heterocycles. The van der Waals surface area contributed by atoms with Crippen LogP contribution in [0.15, 0.2) is 0 Å². The van der Waals surface area contributed by atoms with Crippen molar-refractivity contribution < 1.29 is 9.53 Å². The molecule has 0 spiro atoms. The van der Waals surface area contributed by atoms with Crippen LogP contribution in [0.3, 0.4) is 0 Å². The van der Waals surface area contributed by atoms with Crippen molar-refractivity contribution in [2.24, 2.45) is 0 Å². The third-order valence-corrected chi connectivity index (χ3v) is 3.93. The molecule has 4 heteroatoms. The van der Waals surface area contributed by atoms with E-state index in [1.54, 1.807) is 0 Å². The van der Waals surface area contributed by atoms with Crippen LogP contribution < -0.4 is 5.32 Å². The second-order valence-corrected chi connectivity index (χ2v) is 5.19. The van der Waals surface area contributed by atoms with E-state index in [0.717, 1.165) is 32.4 Å². The molecule has 2 aliphatic rings. The summed E-state index contributed by atoms with van der Waals surface area (Å²) in [5.41, 5.74) is 0. The average Bonchev–Trinajstić information content (AvgIpc) is 2.89. The lowest BCUT2D eigenvalue weighted by molar-refractivity contribution is -0.139. The van der Waals surface area contributed by atoms with Crippen molar-refractivity contribution >= 4 is 5.91 Å². The number of carbonyl (C=O) groups is 1. The van der Waals surface area contributed by atoms with E-state index in [4.69, 9.17) is 4.74 Å². The summed E-state index contributed by atoms with van der Waals surface area (Å²) in [6, 6.07) is 0.458. The monoisotopic (exact) mass is 240 g/mol. The van der Waals surface area contributed by atoms with Crippen LogP contribution in [0.2, 0.25) is 0 Å². The summed E-state index contributed by atoms with van der Waals surface area (Å²) in [5, 5.41) is 3.25. The van der Waals surface area contributed by atoms with E-state index in [1.165, 1.54) is 19.3 Å².